The van der Waals surface area contributed by atoms with E-state index in [1.807, 2.05) is 12.1 Å². The highest BCUT2D eigenvalue weighted by Crippen LogP contribution is 2.37. The third-order valence-electron chi connectivity index (χ3n) is 4.14. The van der Waals surface area contributed by atoms with Crippen LogP contribution in [0.25, 0.3) is 20.9 Å². The number of hydrogen-bond acceptors (Lipinski definition) is 2. The Labute approximate surface area is 173 Å². The fraction of sp³-hybridized carbons (Fsp3) is 0.238. The molecular weight excluding hydrogens is 474 g/mol. The Kier molecular flexibility index (Phi) is 6.01. The molecule has 3 rings (SSSR count). The van der Waals surface area contributed by atoms with E-state index in [-0.39, 0.29) is 5.82 Å². The van der Waals surface area contributed by atoms with Gasteiger partial charge in [-0.15, -0.1) is 11.3 Å². The molecule has 0 unspecified atom stereocenters. The summed E-state index contributed by atoms with van der Waals surface area (Å²) < 4.78 is 20.5. The minimum Gasteiger partial charge on any atom is -0.413 e. The fourth-order valence-corrected chi connectivity index (χ4v) is 5.05. The Morgan fingerprint density at radius 3 is 2.31 bits per heavy atom. The van der Waals surface area contributed by atoms with E-state index in [0.717, 1.165) is 10.4 Å². The van der Waals surface area contributed by atoms with Crippen molar-refractivity contribution in [2.45, 2.75) is 33.2 Å². The third-order valence-corrected chi connectivity index (χ3v) is 6.94. The van der Waals surface area contributed by atoms with Gasteiger partial charge in [0, 0.05) is 13.3 Å². The Balaban J connectivity index is 1.94. The van der Waals surface area contributed by atoms with Gasteiger partial charge >= 0.3 is 0 Å². The molecule has 0 amide bonds. The fourth-order valence-electron chi connectivity index (χ4n) is 2.69. The highest BCUT2D eigenvalue weighted by Gasteiger charge is 2.17. The van der Waals surface area contributed by atoms with Gasteiger partial charge in [0.05, 0.1) is 6.61 Å². The van der Waals surface area contributed by atoms with E-state index in [1.165, 1.54) is 37.3 Å². The first kappa shape index (κ1) is 19.7. The molecule has 2 aromatic carbocycles. The molecule has 0 radical (unpaired) electrons. The van der Waals surface area contributed by atoms with Crippen LogP contribution in [-0.2, 0) is 11.0 Å². The van der Waals surface area contributed by atoms with Crippen LogP contribution in [-0.4, -0.2) is 8.32 Å². The molecular formula is C21H22FIOSSi. The van der Waals surface area contributed by atoms with E-state index in [0.29, 0.717) is 6.61 Å². The van der Waals surface area contributed by atoms with Crippen molar-refractivity contribution in [1.29, 1.82) is 0 Å². The smallest absolute Gasteiger partial charge is 0.184 e. The highest BCUT2D eigenvalue weighted by atomic mass is 127. The van der Waals surface area contributed by atoms with Gasteiger partial charge < -0.3 is 4.43 Å². The van der Waals surface area contributed by atoms with Gasteiger partial charge in [-0.1, -0.05) is 12.1 Å². The number of halogens is 2. The van der Waals surface area contributed by atoms with Gasteiger partial charge in [0.25, 0.3) is 0 Å². The molecule has 0 spiro atoms. The number of hydrogen-bond donors (Lipinski definition) is 0. The second kappa shape index (κ2) is 7.92. The van der Waals surface area contributed by atoms with Gasteiger partial charge in [-0.2, -0.15) is 0 Å². The normalized spacial score (nSPS) is 11.8. The molecule has 0 bridgehead atoms. The molecule has 0 atom stereocenters. The lowest BCUT2D eigenvalue weighted by atomic mass is 10.0. The van der Waals surface area contributed by atoms with E-state index in [4.69, 9.17) is 4.43 Å². The molecule has 1 heterocycles. The van der Waals surface area contributed by atoms with Gasteiger partial charge in [0.2, 0.25) is 0 Å². The minimum atomic E-state index is -1.55. The zero-order chi connectivity index (χ0) is 18.9. The molecule has 0 aliphatic heterocycles. The largest absolute Gasteiger partial charge is 0.413 e. The topological polar surface area (TPSA) is 9.23 Å². The van der Waals surface area contributed by atoms with Gasteiger partial charge in [-0.3, -0.25) is 0 Å². The second-order valence-electron chi connectivity index (χ2n) is 7.31. The van der Waals surface area contributed by atoms with Crippen LogP contribution in [0.15, 0.2) is 48.5 Å². The van der Waals surface area contributed by atoms with Gasteiger partial charge in [-0.05, 0) is 108 Å². The maximum absolute atomic E-state index is 13.2. The minimum absolute atomic E-state index is 0.203. The van der Waals surface area contributed by atoms with E-state index >= 15 is 0 Å². The summed E-state index contributed by atoms with van der Waals surface area (Å²) in [4.78, 5) is 2.38. The zero-order valence-corrected chi connectivity index (χ0v) is 19.4. The molecule has 0 saturated carbocycles. The molecule has 1 aromatic heterocycles. The van der Waals surface area contributed by atoms with Crippen molar-refractivity contribution in [2.24, 2.45) is 0 Å². The summed E-state index contributed by atoms with van der Waals surface area (Å²) in [6, 6.07) is 15.4. The first-order valence-corrected chi connectivity index (χ1v) is 13.8. The Morgan fingerprint density at radius 1 is 1.00 bits per heavy atom. The van der Waals surface area contributed by atoms with Gasteiger partial charge in [0.15, 0.2) is 8.32 Å². The quantitative estimate of drug-likeness (QED) is 0.263. The van der Waals surface area contributed by atoms with Crippen LogP contribution in [0.2, 0.25) is 19.6 Å². The summed E-state index contributed by atoms with van der Waals surface area (Å²) in [6.07, 6.45) is 0. The third kappa shape index (κ3) is 4.82. The lowest BCUT2D eigenvalue weighted by Crippen LogP contribution is -2.25. The molecule has 0 aliphatic rings. The molecule has 0 fully saturated rings. The molecule has 3 aromatic rings. The lowest BCUT2D eigenvalue weighted by Gasteiger charge is -2.19. The van der Waals surface area contributed by atoms with Gasteiger partial charge in [-0.25, -0.2) is 4.39 Å². The number of thiophene rings is 1. The maximum Gasteiger partial charge on any atom is 0.184 e. The molecule has 0 saturated heterocycles. The van der Waals surface area contributed by atoms with E-state index in [2.05, 4.69) is 73.4 Å². The van der Waals surface area contributed by atoms with Crippen LogP contribution < -0.4 is 0 Å². The summed E-state index contributed by atoms with van der Waals surface area (Å²) in [5.41, 5.74) is 4.83. The van der Waals surface area contributed by atoms with Crippen LogP contribution in [0.3, 0.4) is 0 Å². The monoisotopic (exact) mass is 496 g/mol. The van der Waals surface area contributed by atoms with Crippen molar-refractivity contribution in [1.82, 2.24) is 0 Å². The summed E-state index contributed by atoms with van der Waals surface area (Å²) >= 11 is 4.12. The highest BCUT2D eigenvalue weighted by molar-refractivity contribution is 14.1. The van der Waals surface area contributed by atoms with E-state index in [1.54, 1.807) is 11.3 Å². The molecule has 1 nitrogen and oxygen atoms in total. The summed E-state index contributed by atoms with van der Waals surface area (Å²) in [7, 11) is -1.55. The average Bonchev–Trinajstić information content (AvgIpc) is 3.05. The van der Waals surface area contributed by atoms with Crippen LogP contribution in [0.4, 0.5) is 4.39 Å². The predicted octanol–water partition coefficient (Wildman–Crippen LogP) is 7.49. The summed E-state index contributed by atoms with van der Waals surface area (Å²) in [5.74, 6) is -0.203. The standard InChI is InChI=1S/C21H22FIOSSi/c1-14-16(13-24-26(2,3)4)11-18(23)12-19(14)21-10-9-20(25-21)15-5-7-17(22)8-6-15/h5-12H,13H2,1-4H3. The number of rotatable bonds is 5. The first-order valence-electron chi connectivity index (χ1n) is 8.52. The first-order chi connectivity index (χ1) is 12.2. The van der Waals surface area contributed by atoms with Gasteiger partial charge in [0.1, 0.15) is 5.82 Å². The van der Waals surface area contributed by atoms with Crippen molar-refractivity contribution in [2.75, 3.05) is 0 Å². The summed E-state index contributed by atoms with van der Waals surface area (Å²) in [6.45, 7) is 9.48. The molecule has 5 heteroatoms. The Bertz CT molecular complexity index is 913. The zero-order valence-electron chi connectivity index (χ0n) is 15.4. The van der Waals surface area contributed by atoms with Crippen LogP contribution in [0, 0.1) is 16.3 Å². The summed E-state index contributed by atoms with van der Waals surface area (Å²) in [5, 5.41) is 0. The molecule has 26 heavy (non-hydrogen) atoms. The van der Waals surface area contributed by atoms with Crippen LogP contribution >= 0.6 is 33.9 Å². The molecule has 136 valence electrons. The second-order valence-corrected chi connectivity index (χ2v) is 14.2. The van der Waals surface area contributed by atoms with Crippen LogP contribution in [0.1, 0.15) is 11.1 Å². The van der Waals surface area contributed by atoms with Crippen molar-refractivity contribution in [3.8, 4) is 20.9 Å². The molecule has 0 N–H and O–H groups in total. The Morgan fingerprint density at radius 2 is 1.65 bits per heavy atom. The van der Waals surface area contributed by atoms with E-state index < -0.39 is 8.32 Å². The van der Waals surface area contributed by atoms with Crippen molar-refractivity contribution >= 4 is 42.2 Å². The SMILES string of the molecule is Cc1c(CO[Si](C)(C)C)cc(I)cc1-c1ccc(-c2ccc(F)cc2)s1. The van der Waals surface area contributed by atoms with Crippen molar-refractivity contribution in [3.63, 3.8) is 0 Å². The van der Waals surface area contributed by atoms with Crippen molar-refractivity contribution < 1.29 is 8.82 Å². The lowest BCUT2D eigenvalue weighted by molar-refractivity contribution is 0.298. The van der Waals surface area contributed by atoms with E-state index in [9.17, 15) is 4.39 Å². The Hall–Kier alpha value is -1.02. The predicted molar refractivity (Wildman–Crippen MR) is 121 cm³/mol. The number of benzene rings is 2. The maximum atomic E-state index is 13.2. The molecule has 0 aliphatic carbocycles. The van der Waals surface area contributed by atoms with Crippen molar-refractivity contribution in [3.05, 3.63) is 69.0 Å². The average molecular weight is 496 g/mol. The van der Waals surface area contributed by atoms with Crippen LogP contribution in [0.5, 0.6) is 0 Å².